The van der Waals surface area contributed by atoms with E-state index in [2.05, 4.69) is 15.3 Å². The first-order valence-corrected chi connectivity index (χ1v) is 9.15. The van der Waals surface area contributed by atoms with Crippen LogP contribution < -0.4 is 16.3 Å². The first-order chi connectivity index (χ1) is 13.6. The second-order valence-corrected chi connectivity index (χ2v) is 6.85. The quantitative estimate of drug-likeness (QED) is 0.546. The van der Waals surface area contributed by atoms with Gasteiger partial charge in [0, 0.05) is 17.6 Å². The van der Waals surface area contributed by atoms with E-state index in [0.29, 0.717) is 21.7 Å². The van der Waals surface area contributed by atoms with Gasteiger partial charge in [0.1, 0.15) is 20.0 Å². The number of aromatic nitrogens is 3. The van der Waals surface area contributed by atoms with E-state index in [1.807, 2.05) is 55.5 Å². The number of rotatable bonds is 4. The highest BCUT2D eigenvalue weighted by atomic mass is 35.5. The van der Waals surface area contributed by atoms with Crippen molar-refractivity contribution in [3.05, 3.63) is 88.2 Å². The van der Waals surface area contributed by atoms with Gasteiger partial charge in [-0.2, -0.15) is 0 Å². The third-order valence-electron chi connectivity index (χ3n) is 4.58. The lowest BCUT2D eigenvalue weighted by Crippen LogP contribution is -2.27. The van der Waals surface area contributed by atoms with Crippen molar-refractivity contribution < 1.29 is 0 Å². The molecule has 0 aliphatic rings. The molecule has 4 rings (SSSR count). The highest BCUT2D eigenvalue weighted by molar-refractivity contribution is 6.35. The standard InChI is InChI=1S/C21H16BClN4O/c1-13(26-20-16(22)11-24-12-25-20)18-10-14-6-5-9-17(23)19(14)21(28)27(18)15-7-3-2-4-8-15/h2-13H,1H3,(H,24,25,26)/t13-/m0/s1. The lowest BCUT2D eigenvalue weighted by Gasteiger charge is -2.22. The Morgan fingerprint density at radius 2 is 1.93 bits per heavy atom. The molecular formula is C21H16BClN4O. The number of nitrogens with one attached hydrogen (secondary N) is 1. The van der Waals surface area contributed by atoms with Crippen LogP contribution in [0.1, 0.15) is 18.7 Å². The van der Waals surface area contributed by atoms with E-state index in [-0.39, 0.29) is 11.6 Å². The van der Waals surface area contributed by atoms with Crippen LogP contribution in [-0.4, -0.2) is 22.4 Å². The van der Waals surface area contributed by atoms with Crippen LogP contribution in [0.15, 0.2) is 71.9 Å². The van der Waals surface area contributed by atoms with Crippen molar-refractivity contribution in [2.24, 2.45) is 0 Å². The van der Waals surface area contributed by atoms with Crippen LogP contribution in [0.3, 0.4) is 0 Å². The number of hydrogen-bond acceptors (Lipinski definition) is 4. The van der Waals surface area contributed by atoms with Gasteiger partial charge in [-0.15, -0.1) is 0 Å². The Kier molecular flexibility index (Phi) is 4.88. The van der Waals surface area contributed by atoms with Gasteiger partial charge in [0.25, 0.3) is 5.56 Å². The third kappa shape index (κ3) is 3.27. The molecule has 0 spiro atoms. The number of fused-ring (bicyclic) bond motifs is 1. The van der Waals surface area contributed by atoms with Crippen molar-refractivity contribution in [1.82, 2.24) is 14.5 Å². The minimum atomic E-state index is -0.256. The van der Waals surface area contributed by atoms with Crippen LogP contribution in [0.2, 0.25) is 5.02 Å². The van der Waals surface area contributed by atoms with E-state index >= 15 is 0 Å². The molecule has 0 fully saturated rings. The number of nitrogens with zero attached hydrogens (tertiary/aromatic N) is 3. The molecule has 2 aromatic carbocycles. The number of halogens is 1. The Morgan fingerprint density at radius 3 is 2.68 bits per heavy atom. The molecule has 0 aliphatic carbocycles. The number of para-hydroxylation sites is 1. The molecule has 2 radical (unpaired) electrons. The average molecular weight is 387 g/mol. The zero-order chi connectivity index (χ0) is 19.7. The van der Waals surface area contributed by atoms with Crippen molar-refractivity contribution in [3.8, 4) is 5.69 Å². The molecule has 136 valence electrons. The molecule has 5 nitrogen and oxygen atoms in total. The Labute approximate surface area is 168 Å². The van der Waals surface area contributed by atoms with Crippen molar-refractivity contribution in [2.75, 3.05) is 5.32 Å². The summed E-state index contributed by atoms with van der Waals surface area (Å²) in [7, 11) is 5.96. The maximum absolute atomic E-state index is 13.4. The van der Waals surface area contributed by atoms with Crippen LogP contribution in [0, 0.1) is 0 Å². The summed E-state index contributed by atoms with van der Waals surface area (Å²) in [5.41, 5.74) is 1.79. The molecule has 2 aromatic heterocycles. The van der Waals surface area contributed by atoms with Gasteiger partial charge in [-0.1, -0.05) is 41.9 Å². The normalized spacial score (nSPS) is 12.1. The van der Waals surface area contributed by atoms with Crippen molar-refractivity contribution in [3.63, 3.8) is 0 Å². The van der Waals surface area contributed by atoms with Gasteiger partial charge in [-0.3, -0.25) is 9.36 Å². The predicted octanol–water partition coefficient (Wildman–Crippen LogP) is 3.40. The van der Waals surface area contributed by atoms with E-state index in [1.54, 1.807) is 10.6 Å². The molecule has 4 aromatic rings. The van der Waals surface area contributed by atoms with Crippen LogP contribution in [0.5, 0.6) is 0 Å². The first-order valence-electron chi connectivity index (χ1n) is 8.78. The Balaban J connectivity index is 1.94. The number of anilines is 1. The second kappa shape index (κ2) is 7.48. The summed E-state index contributed by atoms with van der Waals surface area (Å²) in [6, 6.07) is 16.6. The van der Waals surface area contributed by atoms with Gasteiger partial charge < -0.3 is 5.32 Å². The highest BCUT2D eigenvalue weighted by Gasteiger charge is 2.18. The summed E-state index contributed by atoms with van der Waals surface area (Å²) in [6.45, 7) is 1.95. The number of hydrogen-bond donors (Lipinski definition) is 1. The molecule has 28 heavy (non-hydrogen) atoms. The molecule has 0 saturated heterocycles. The van der Waals surface area contributed by atoms with Gasteiger partial charge in [0.2, 0.25) is 0 Å². The van der Waals surface area contributed by atoms with Crippen LogP contribution in [0.25, 0.3) is 16.5 Å². The van der Waals surface area contributed by atoms with Gasteiger partial charge in [-0.25, -0.2) is 9.97 Å². The predicted molar refractivity (Wildman–Crippen MR) is 114 cm³/mol. The molecular weight excluding hydrogens is 371 g/mol. The number of benzene rings is 2. The van der Waals surface area contributed by atoms with Crippen molar-refractivity contribution >= 4 is 41.5 Å². The molecule has 0 bridgehead atoms. The molecule has 0 amide bonds. The smallest absolute Gasteiger partial charge is 0.264 e. The van der Waals surface area contributed by atoms with Gasteiger partial charge in [0.15, 0.2) is 0 Å². The van der Waals surface area contributed by atoms with E-state index < -0.39 is 0 Å². The lowest BCUT2D eigenvalue weighted by molar-refractivity contribution is 0.774. The Bertz CT molecular complexity index is 1210. The molecule has 7 heteroatoms. The summed E-state index contributed by atoms with van der Waals surface area (Å²) in [5.74, 6) is 0.515. The molecule has 1 atom stereocenters. The maximum Gasteiger partial charge on any atom is 0.264 e. The van der Waals surface area contributed by atoms with Gasteiger partial charge in [-0.05, 0) is 42.0 Å². The molecule has 0 unspecified atom stereocenters. The van der Waals surface area contributed by atoms with E-state index in [4.69, 9.17) is 19.4 Å². The zero-order valence-corrected chi connectivity index (χ0v) is 15.9. The lowest BCUT2D eigenvalue weighted by atomic mass is 9.98. The molecule has 0 aliphatic heterocycles. The fourth-order valence-electron chi connectivity index (χ4n) is 3.24. The summed E-state index contributed by atoms with van der Waals surface area (Å²) in [6.07, 6.45) is 2.96. The van der Waals surface area contributed by atoms with E-state index in [9.17, 15) is 4.79 Å². The third-order valence-corrected chi connectivity index (χ3v) is 4.89. The summed E-state index contributed by atoms with van der Waals surface area (Å²) >= 11 is 6.34. The summed E-state index contributed by atoms with van der Waals surface area (Å²) < 4.78 is 1.67. The fraction of sp³-hybridized carbons (Fsp3) is 0.0952. The number of pyridine rings is 1. The maximum atomic E-state index is 13.4. The molecule has 1 N–H and O–H groups in total. The zero-order valence-electron chi connectivity index (χ0n) is 15.1. The SMILES string of the molecule is [B]c1cncnc1N[C@@H](C)c1cc2cccc(Cl)c2c(=O)n1-c1ccccc1. The van der Waals surface area contributed by atoms with Crippen LogP contribution >= 0.6 is 11.6 Å². The summed E-state index contributed by atoms with van der Waals surface area (Å²) in [4.78, 5) is 21.5. The van der Waals surface area contributed by atoms with Crippen LogP contribution in [-0.2, 0) is 0 Å². The largest absolute Gasteiger partial charge is 0.362 e. The minimum Gasteiger partial charge on any atom is -0.362 e. The Morgan fingerprint density at radius 1 is 1.14 bits per heavy atom. The average Bonchev–Trinajstić information content (AvgIpc) is 2.70. The van der Waals surface area contributed by atoms with Crippen molar-refractivity contribution in [1.29, 1.82) is 0 Å². The molecule has 2 heterocycles. The van der Waals surface area contributed by atoms with Gasteiger partial charge >= 0.3 is 0 Å². The minimum absolute atomic E-state index is 0.173. The Hall–Kier alpha value is -3.12. The monoisotopic (exact) mass is 386 g/mol. The van der Waals surface area contributed by atoms with E-state index in [0.717, 1.165) is 16.8 Å². The topological polar surface area (TPSA) is 59.8 Å². The highest BCUT2D eigenvalue weighted by Crippen LogP contribution is 2.26. The van der Waals surface area contributed by atoms with Crippen molar-refractivity contribution in [2.45, 2.75) is 13.0 Å². The second-order valence-electron chi connectivity index (χ2n) is 6.44. The van der Waals surface area contributed by atoms with Gasteiger partial charge in [0.05, 0.1) is 16.5 Å². The summed E-state index contributed by atoms with van der Waals surface area (Å²) in [5, 5.41) is 4.98. The molecule has 0 saturated carbocycles. The first kappa shape index (κ1) is 18.3. The van der Waals surface area contributed by atoms with Crippen LogP contribution in [0.4, 0.5) is 5.82 Å². The van der Waals surface area contributed by atoms with E-state index in [1.165, 1.54) is 12.5 Å². The fourth-order valence-corrected chi connectivity index (χ4v) is 3.50.